The fourth-order valence-electron chi connectivity index (χ4n) is 2.13. The molecule has 0 aliphatic heterocycles. The molecular formula is C14H18BrN3O2. The Kier molecular flexibility index (Phi) is 4.67. The standard InChI is InChI=1S/C14H18BrN3O2/c1-17(9-12-5-11(15)8-18(12)2)7-10-4-13(16-6-10)14(19)20-3/h4-6,8,16H,7,9H2,1-3H3. The molecule has 0 aliphatic rings. The summed E-state index contributed by atoms with van der Waals surface area (Å²) in [5.74, 6) is -0.342. The molecule has 0 aromatic carbocycles. The van der Waals surface area contributed by atoms with Gasteiger partial charge in [-0.25, -0.2) is 4.79 Å². The third kappa shape index (κ3) is 3.52. The van der Waals surface area contributed by atoms with E-state index in [0.29, 0.717) is 5.69 Å². The fraction of sp³-hybridized carbons (Fsp3) is 0.357. The van der Waals surface area contributed by atoms with Gasteiger partial charge in [0.1, 0.15) is 5.69 Å². The van der Waals surface area contributed by atoms with E-state index >= 15 is 0 Å². The van der Waals surface area contributed by atoms with Gasteiger partial charge < -0.3 is 14.3 Å². The maximum Gasteiger partial charge on any atom is 0.354 e. The number of ether oxygens (including phenoxy) is 1. The smallest absolute Gasteiger partial charge is 0.354 e. The van der Waals surface area contributed by atoms with Crippen LogP contribution in [0.4, 0.5) is 0 Å². The molecule has 20 heavy (non-hydrogen) atoms. The molecule has 2 aromatic rings. The van der Waals surface area contributed by atoms with Crippen LogP contribution >= 0.6 is 15.9 Å². The number of aryl methyl sites for hydroxylation is 1. The molecule has 1 N–H and O–H groups in total. The van der Waals surface area contributed by atoms with Gasteiger partial charge in [-0.2, -0.15) is 0 Å². The molecule has 6 heteroatoms. The zero-order valence-electron chi connectivity index (χ0n) is 11.8. The molecule has 0 bridgehead atoms. The number of nitrogens with one attached hydrogen (secondary N) is 1. The molecule has 0 amide bonds. The topological polar surface area (TPSA) is 50.3 Å². The molecule has 0 saturated carbocycles. The minimum absolute atomic E-state index is 0.342. The first-order valence-corrected chi connectivity index (χ1v) is 7.03. The Balaban J connectivity index is 1.97. The van der Waals surface area contributed by atoms with Crippen molar-refractivity contribution in [3.8, 4) is 0 Å². The van der Waals surface area contributed by atoms with Crippen LogP contribution in [0.2, 0.25) is 0 Å². The summed E-state index contributed by atoms with van der Waals surface area (Å²) >= 11 is 3.47. The van der Waals surface area contributed by atoms with E-state index in [1.54, 1.807) is 0 Å². The lowest BCUT2D eigenvalue weighted by molar-refractivity contribution is 0.0595. The average molecular weight is 340 g/mol. The number of carbonyl (C=O) groups excluding carboxylic acids is 1. The number of methoxy groups -OCH3 is 1. The van der Waals surface area contributed by atoms with E-state index in [2.05, 4.69) is 41.2 Å². The number of rotatable bonds is 5. The van der Waals surface area contributed by atoms with Crippen molar-refractivity contribution < 1.29 is 9.53 Å². The highest BCUT2D eigenvalue weighted by molar-refractivity contribution is 9.10. The number of aromatic amines is 1. The number of carbonyl (C=O) groups is 1. The molecule has 2 heterocycles. The van der Waals surface area contributed by atoms with Gasteiger partial charge in [-0.15, -0.1) is 0 Å². The highest BCUT2D eigenvalue weighted by Gasteiger charge is 2.10. The van der Waals surface area contributed by atoms with Gasteiger partial charge in [0.05, 0.1) is 7.11 Å². The molecule has 0 spiro atoms. The Morgan fingerprint density at radius 1 is 1.45 bits per heavy atom. The van der Waals surface area contributed by atoms with Crippen molar-refractivity contribution in [2.45, 2.75) is 13.1 Å². The second-order valence-corrected chi connectivity index (χ2v) is 5.76. The molecule has 2 aromatic heterocycles. The summed E-state index contributed by atoms with van der Waals surface area (Å²) < 4.78 is 7.85. The normalized spacial score (nSPS) is 11.1. The van der Waals surface area contributed by atoms with Gasteiger partial charge >= 0.3 is 5.97 Å². The van der Waals surface area contributed by atoms with E-state index in [0.717, 1.165) is 23.1 Å². The lowest BCUT2D eigenvalue weighted by Crippen LogP contribution is -2.18. The van der Waals surface area contributed by atoms with Crippen molar-refractivity contribution in [2.24, 2.45) is 7.05 Å². The van der Waals surface area contributed by atoms with Gasteiger partial charge in [-0.3, -0.25) is 4.90 Å². The van der Waals surface area contributed by atoms with Gasteiger partial charge in [-0.1, -0.05) is 0 Å². The number of aromatic nitrogens is 2. The Hall–Kier alpha value is -1.53. The van der Waals surface area contributed by atoms with Crippen molar-refractivity contribution in [1.82, 2.24) is 14.5 Å². The van der Waals surface area contributed by atoms with Crippen molar-refractivity contribution >= 4 is 21.9 Å². The van der Waals surface area contributed by atoms with Gasteiger partial charge in [-0.05, 0) is 40.7 Å². The zero-order valence-corrected chi connectivity index (χ0v) is 13.4. The molecule has 0 radical (unpaired) electrons. The van der Waals surface area contributed by atoms with Crippen molar-refractivity contribution in [1.29, 1.82) is 0 Å². The minimum Gasteiger partial charge on any atom is -0.464 e. The fourth-order valence-corrected chi connectivity index (χ4v) is 2.70. The van der Waals surface area contributed by atoms with E-state index in [-0.39, 0.29) is 5.97 Å². The molecule has 0 aliphatic carbocycles. The van der Waals surface area contributed by atoms with Crippen LogP contribution in [0.5, 0.6) is 0 Å². The summed E-state index contributed by atoms with van der Waals surface area (Å²) in [6.07, 6.45) is 3.87. The highest BCUT2D eigenvalue weighted by Crippen LogP contribution is 2.16. The zero-order chi connectivity index (χ0) is 14.7. The number of halogens is 1. The second-order valence-electron chi connectivity index (χ2n) is 4.85. The lowest BCUT2D eigenvalue weighted by atomic mass is 10.3. The van der Waals surface area contributed by atoms with Crippen LogP contribution in [0, 0.1) is 0 Å². The number of H-pyrrole nitrogens is 1. The monoisotopic (exact) mass is 339 g/mol. The van der Waals surface area contributed by atoms with Gasteiger partial charge in [0.25, 0.3) is 0 Å². The van der Waals surface area contributed by atoms with Crippen molar-refractivity contribution in [2.75, 3.05) is 14.2 Å². The third-order valence-electron chi connectivity index (χ3n) is 3.11. The molecule has 0 unspecified atom stereocenters. The molecule has 0 fully saturated rings. The first-order valence-electron chi connectivity index (χ1n) is 6.24. The van der Waals surface area contributed by atoms with Gasteiger partial charge in [0, 0.05) is 42.7 Å². The summed E-state index contributed by atoms with van der Waals surface area (Å²) in [5.41, 5.74) is 2.77. The van der Waals surface area contributed by atoms with E-state index < -0.39 is 0 Å². The van der Waals surface area contributed by atoms with E-state index in [1.165, 1.54) is 12.8 Å². The van der Waals surface area contributed by atoms with Crippen LogP contribution < -0.4 is 0 Å². The van der Waals surface area contributed by atoms with E-state index in [9.17, 15) is 4.79 Å². The SMILES string of the molecule is COC(=O)c1cc(CN(C)Cc2cc(Br)cn2C)c[nH]1. The molecule has 2 rings (SSSR count). The number of nitrogens with zero attached hydrogens (tertiary/aromatic N) is 2. The number of hydrogen-bond acceptors (Lipinski definition) is 3. The largest absolute Gasteiger partial charge is 0.464 e. The maximum absolute atomic E-state index is 11.4. The summed E-state index contributed by atoms with van der Waals surface area (Å²) in [7, 11) is 5.45. The molecular weight excluding hydrogens is 322 g/mol. The summed E-state index contributed by atoms with van der Waals surface area (Å²) in [5, 5.41) is 0. The lowest BCUT2D eigenvalue weighted by Gasteiger charge is -2.16. The van der Waals surface area contributed by atoms with Crippen molar-refractivity contribution in [3.05, 3.63) is 46.0 Å². The van der Waals surface area contributed by atoms with Crippen molar-refractivity contribution in [3.63, 3.8) is 0 Å². The Morgan fingerprint density at radius 3 is 2.80 bits per heavy atom. The van der Waals surface area contributed by atoms with Crippen LogP contribution in [0.15, 0.2) is 29.0 Å². The first kappa shape index (κ1) is 14.9. The predicted octanol–water partition coefficient (Wildman–Crippen LogP) is 2.53. The molecule has 0 saturated heterocycles. The minimum atomic E-state index is -0.342. The Morgan fingerprint density at radius 2 is 2.20 bits per heavy atom. The average Bonchev–Trinajstić information content (AvgIpc) is 2.96. The second kappa shape index (κ2) is 6.28. The van der Waals surface area contributed by atoms with Gasteiger partial charge in [0.15, 0.2) is 0 Å². The van der Waals surface area contributed by atoms with E-state index in [4.69, 9.17) is 0 Å². The predicted molar refractivity (Wildman–Crippen MR) is 80.4 cm³/mol. The molecule has 108 valence electrons. The summed E-state index contributed by atoms with van der Waals surface area (Å²) in [6, 6.07) is 3.93. The van der Waals surface area contributed by atoms with Crippen LogP contribution in [-0.4, -0.2) is 34.6 Å². The van der Waals surface area contributed by atoms with Crippen LogP contribution in [0.25, 0.3) is 0 Å². The molecule has 0 atom stereocenters. The Bertz CT molecular complexity index is 603. The first-order chi connectivity index (χ1) is 9.49. The maximum atomic E-state index is 11.4. The van der Waals surface area contributed by atoms with Crippen LogP contribution in [0.1, 0.15) is 21.7 Å². The summed E-state index contributed by atoms with van der Waals surface area (Å²) in [4.78, 5) is 16.5. The molecule has 5 nitrogen and oxygen atoms in total. The van der Waals surface area contributed by atoms with Gasteiger partial charge in [0.2, 0.25) is 0 Å². The quantitative estimate of drug-likeness (QED) is 0.851. The van der Waals surface area contributed by atoms with Crippen LogP contribution in [-0.2, 0) is 24.9 Å². The van der Waals surface area contributed by atoms with Crippen LogP contribution in [0.3, 0.4) is 0 Å². The third-order valence-corrected chi connectivity index (χ3v) is 3.54. The summed E-state index contributed by atoms with van der Waals surface area (Å²) in [6.45, 7) is 1.59. The highest BCUT2D eigenvalue weighted by atomic mass is 79.9. The number of esters is 1. The number of hydrogen-bond donors (Lipinski definition) is 1. The Labute approximate surface area is 126 Å². The van der Waals surface area contributed by atoms with E-state index in [1.807, 2.05) is 32.6 Å².